The van der Waals surface area contributed by atoms with Crippen LogP contribution in [0.25, 0.3) is 11.3 Å². The molecule has 4 heteroatoms. The molecular weight excluding hydrogens is 242 g/mol. The summed E-state index contributed by atoms with van der Waals surface area (Å²) in [4.78, 5) is 10.4. The van der Waals surface area contributed by atoms with Gasteiger partial charge in [0.2, 0.25) is 0 Å². The third-order valence-electron chi connectivity index (χ3n) is 2.67. The van der Waals surface area contributed by atoms with E-state index in [4.69, 9.17) is 0 Å². The lowest BCUT2D eigenvalue weighted by Gasteiger charge is -2.07. The lowest BCUT2D eigenvalue weighted by Crippen LogP contribution is -2.05. The van der Waals surface area contributed by atoms with Gasteiger partial charge in [-0.05, 0) is 19.4 Å². The zero-order valence-electron chi connectivity index (χ0n) is 11.2. The van der Waals surface area contributed by atoms with Crippen molar-refractivity contribution in [2.75, 3.05) is 11.9 Å². The summed E-state index contributed by atoms with van der Waals surface area (Å²) in [5.74, 6) is 1.83. The van der Waals surface area contributed by atoms with Crippen molar-refractivity contribution in [3.8, 4) is 11.3 Å². The van der Waals surface area contributed by atoms with Crippen LogP contribution in [0.3, 0.4) is 0 Å². The fraction of sp³-hybridized carbons (Fsp3) is 0.429. The van der Waals surface area contributed by atoms with Gasteiger partial charge in [-0.25, -0.2) is 9.97 Å². The lowest BCUT2D eigenvalue weighted by molar-refractivity contribution is 0.920. The molecule has 0 fully saturated rings. The van der Waals surface area contributed by atoms with Crippen LogP contribution in [0.4, 0.5) is 5.82 Å². The number of aromatic nitrogens is 2. The topological polar surface area (TPSA) is 37.8 Å². The van der Waals surface area contributed by atoms with E-state index in [1.165, 1.54) is 10.4 Å². The number of nitrogens with zero attached hydrogens (tertiary/aromatic N) is 2. The second-order valence-corrected chi connectivity index (χ2v) is 5.40. The monoisotopic (exact) mass is 261 g/mol. The van der Waals surface area contributed by atoms with E-state index in [1.54, 1.807) is 11.3 Å². The fourth-order valence-electron chi connectivity index (χ4n) is 1.72. The highest BCUT2D eigenvalue weighted by atomic mass is 32.1. The first-order valence-electron chi connectivity index (χ1n) is 6.40. The van der Waals surface area contributed by atoms with Crippen LogP contribution in [0.2, 0.25) is 0 Å². The zero-order valence-corrected chi connectivity index (χ0v) is 12.0. The van der Waals surface area contributed by atoms with Crippen molar-refractivity contribution in [1.82, 2.24) is 9.97 Å². The predicted octanol–water partition coefficient (Wildman–Crippen LogP) is 3.90. The second-order valence-electron chi connectivity index (χ2n) is 4.28. The molecule has 0 atom stereocenters. The number of hydrogen-bond acceptors (Lipinski definition) is 4. The largest absolute Gasteiger partial charge is 0.370 e. The first-order valence-corrected chi connectivity index (χ1v) is 7.28. The predicted molar refractivity (Wildman–Crippen MR) is 78.2 cm³/mol. The number of thiophene rings is 1. The van der Waals surface area contributed by atoms with E-state index in [9.17, 15) is 0 Å². The molecule has 0 aromatic carbocycles. The second kappa shape index (κ2) is 5.96. The molecule has 18 heavy (non-hydrogen) atoms. The van der Waals surface area contributed by atoms with E-state index < -0.39 is 0 Å². The molecule has 3 nitrogen and oxygen atoms in total. The molecule has 0 aliphatic rings. The minimum absolute atomic E-state index is 0.859. The summed E-state index contributed by atoms with van der Waals surface area (Å²) in [6.07, 6.45) is 1.95. The van der Waals surface area contributed by atoms with Crippen molar-refractivity contribution in [2.45, 2.75) is 33.6 Å². The first-order chi connectivity index (χ1) is 8.72. The molecule has 2 aromatic heterocycles. The summed E-state index contributed by atoms with van der Waals surface area (Å²) in [6.45, 7) is 7.30. The van der Waals surface area contributed by atoms with Gasteiger partial charge in [0.1, 0.15) is 11.6 Å². The normalized spacial score (nSPS) is 10.6. The van der Waals surface area contributed by atoms with Gasteiger partial charge in [-0.3, -0.25) is 0 Å². The highest BCUT2D eigenvalue weighted by Crippen LogP contribution is 2.25. The third kappa shape index (κ3) is 3.07. The Morgan fingerprint density at radius 3 is 2.67 bits per heavy atom. The van der Waals surface area contributed by atoms with Crippen LogP contribution in [-0.4, -0.2) is 16.5 Å². The van der Waals surface area contributed by atoms with Gasteiger partial charge < -0.3 is 5.32 Å². The molecule has 0 bridgehead atoms. The van der Waals surface area contributed by atoms with E-state index in [-0.39, 0.29) is 0 Å². The van der Waals surface area contributed by atoms with E-state index in [0.29, 0.717) is 0 Å². The maximum absolute atomic E-state index is 4.60. The Labute approximate surface area is 112 Å². The Morgan fingerprint density at radius 1 is 1.22 bits per heavy atom. The molecule has 96 valence electrons. The molecule has 0 saturated heterocycles. The van der Waals surface area contributed by atoms with Crippen molar-refractivity contribution in [1.29, 1.82) is 0 Å². The average Bonchev–Trinajstić information content (AvgIpc) is 2.82. The van der Waals surface area contributed by atoms with Crippen molar-refractivity contribution >= 4 is 17.2 Å². The Hall–Kier alpha value is -1.42. The minimum Gasteiger partial charge on any atom is -0.370 e. The van der Waals surface area contributed by atoms with E-state index in [0.717, 1.165) is 36.7 Å². The van der Waals surface area contributed by atoms with E-state index in [1.807, 2.05) is 6.07 Å². The maximum atomic E-state index is 4.60. The molecule has 0 radical (unpaired) electrons. The Morgan fingerprint density at radius 2 is 2.06 bits per heavy atom. The van der Waals surface area contributed by atoms with Crippen LogP contribution < -0.4 is 5.32 Å². The SMILES string of the molecule is CCCNc1cc(-c2csc(C)c2)nc(CC)n1. The fourth-order valence-corrected chi connectivity index (χ4v) is 2.42. The summed E-state index contributed by atoms with van der Waals surface area (Å²) in [7, 11) is 0. The molecule has 2 aromatic rings. The molecule has 0 aliphatic heterocycles. The van der Waals surface area contributed by atoms with Gasteiger partial charge in [-0.15, -0.1) is 11.3 Å². The number of rotatable bonds is 5. The van der Waals surface area contributed by atoms with Crippen LogP contribution >= 0.6 is 11.3 Å². The molecule has 2 heterocycles. The Balaban J connectivity index is 2.34. The number of anilines is 1. The summed E-state index contributed by atoms with van der Waals surface area (Å²) in [6, 6.07) is 4.21. The molecule has 0 amide bonds. The van der Waals surface area contributed by atoms with E-state index in [2.05, 4.69) is 47.5 Å². The van der Waals surface area contributed by atoms with Crippen LogP contribution in [0.5, 0.6) is 0 Å². The highest BCUT2D eigenvalue weighted by Gasteiger charge is 2.06. The number of hydrogen-bond donors (Lipinski definition) is 1. The standard InChI is InChI=1S/C14H19N3S/c1-4-6-15-14-8-12(16-13(5-2)17-14)11-7-10(3)18-9-11/h7-9H,4-6H2,1-3H3,(H,15,16,17). The van der Waals surface area contributed by atoms with Crippen LogP contribution in [0.15, 0.2) is 17.5 Å². The zero-order chi connectivity index (χ0) is 13.0. The highest BCUT2D eigenvalue weighted by molar-refractivity contribution is 7.10. The molecular formula is C14H19N3S. The van der Waals surface area contributed by atoms with Crippen molar-refractivity contribution in [3.05, 3.63) is 28.2 Å². The molecule has 2 rings (SSSR count). The molecule has 1 N–H and O–H groups in total. The Kier molecular flexibility index (Phi) is 4.31. The number of aryl methyl sites for hydroxylation is 2. The molecule has 0 aliphatic carbocycles. The summed E-state index contributed by atoms with van der Waals surface area (Å²) < 4.78 is 0. The van der Waals surface area contributed by atoms with E-state index >= 15 is 0 Å². The van der Waals surface area contributed by atoms with Gasteiger partial charge in [0.15, 0.2) is 0 Å². The molecule has 0 spiro atoms. The molecule has 0 saturated carbocycles. The van der Waals surface area contributed by atoms with Gasteiger partial charge in [-0.2, -0.15) is 0 Å². The minimum atomic E-state index is 0.859. The van der Waals surface area contributed by atoms with Crippen molar-refractivity contribution in [3.63, 3.8) is 0 Å². The quantitative estimate of drug-likeness (QED) is 0.887. The first kappa shape index (κ1) is 13.0. The van der Waals surface area contributed by atoms with Crippen molar-refractivity contribution in [2.24, 2.45) is 0 Å². The average molecular weight is 261 g/mol. The van der Waals surface area contributed by atoms with Crippen LogP contribution in [0.1, 0.15) is 31.0 Å². The summed E-state index contributed by atoms with van der Waals surface area (Å²) in [5.41, 5.74) is 2.21. The van der Waals surface area contributed by atoms with Gasteiger partial charge in [0.05, 0.1) is 5.69 Å². The smallest absolute Gasteiger partial charge is 0.131 e. The van der Waals surface area contributed by atoms with Gasteiger partial charge in [-0.1, -0.05) is 13.8 Å². The Bertz CT molecular complexity index is 520. The van der Waals surface area contributed by atoms with Gasteiger partial charge >= 0.3 is 0 Å². The van der Waals surface area contributed by atoms with Gasteiger partial charge in [0.25, 0.3) is 0 Å². The maximum Gasteiger partial charge on any atom is 0.131 e. The number of nitrogens with one attached hydrogen (secondary N) is 1. The summed E-state index contributed by atoms with van der Waals surface area (Å²) in [5, 5.41) is 5.49. The molecule has 0 unspecified atom stereocenters. The third-order valence-corrected chi connectivity index (χ3v) is 3.53. The lowest BCUT2D eigenvalue weighted by atomic mass is 10.2. The van der Waals surface area contributed by atoms with Gasteiger partial charge in [0, 0.05) is 34.9 Å². The van der Waals surface area contributed by atoms with Crippen LogP contribution in [-0.2, 0) is 6.42 Å². The van der Waals surface area contributed by atoms with Crippen LogP contribution in [0, 0.1) is 6.92 Å². The van der Waals surface area contributed by atoms with Crippen molar-refractivity contribution < 1.29 is 0 Å². The summed E-state index contributed by atoms with van der Waals surface area (Å²) >= 11 is 1.76.